The Bertz CT molecular complexity index is 695. The minimum atomic E-state index is -3.72. The Morgan fingerprint density at radius 2 is 2.04 bits per heavy atom. The van der Waals surface area contributed by atoms with Crippen molar-refractivity contribution >= 4 is 45.0 Å². The van der Waals surface area contributed by atoms with Crippen molar-refractivity contribution in [3.8, 4) is 0 Å². The molecule has 0 bridgehead atoms. The lowest BCUT2D eigenvalue weighted by atomic mass is 10.5. The molecule has 1 aromatic heterocycles. The van der Waals surface area contributed by atoms with Gasteiger partial charge in [-0.05, 0) is 14.1 Å². The number of amidine groups is 2. The molecule has 0 radical (unpaired) electrons. The highest BCUT2D eigenvalue weighted by Crippen LogP contribution is 2.19. The molecule has 23 heavy (non-hydrogen) atoms. The van der Waals surface area contributed by atoms with Gasteiger partial charge in [0, 0.05) is 42.7 Å². The molecule has 1 aliphatic heterocycles. The molecule has 0 amide bonds. The third-order valence-electron chi connectivity index (χ3n) is 2.71. The molecule has 0 atom stereocenters. The topological polar surface area (TPSA) is 99.0 Å². The number of nitrogens with zero attached hydrogens (tertiary/aromatic N) is 4. The third kappa shape index (κ3) is 5.75. The maximum Gasteiger partial charge on any atom is 0.367 e. The van der Waals surface area contributed by atoms with E-state index in [1.54, 1.807) is 30.1 Å². The lowest BCUT2D eigenvalue weighted by molar-refractivity contribution is 0.401. The van der Waals surface area contributed by atoms with Gasteiger partial charge in [-0.25, -0.2) is 4.98 Å². The quantitative estimate of drug-likeness (QED) is 0.661. The Labute approximate surface area is 144 Å². The Morgan fingerprint density at radius 1 is 1.30 bits per heavy atom. The summed E-state index contributed by atoms with van der Waals surface area (Å²) in [7, 11) is 1.94. The zero-order valence-corrected chi connectivity index (χ0v) is 15.7. The fourth-order valence-corrected chi connectivity index (χ4v) is 4.61. The molecule has 0 saturated heterocycles. The zero-order chi connectivity index (χ0) is 16.9. The van der Waals surface area contributed by atoms with Crippen LogP contribution < -0.4 is 10.6 Å². The number of hydrogen-bond donors (Lipinski definition) is 2. The van der Waals surface area contributed by atoms with Crippen molar-refractivity contribution in [2.75, 3.05) is 33.4 Å². The maximum atomic E-state index is 11.3. The molecule has 8 nitrogen and oxygen atoms in total. The summed E-state index contributed by atoms with van der Waals surface area (Å²) in [4.78, 5) is 7.73. The second-order valence-corrected chi connectivity index (χ2v) is 8.58. The van der Waals surface area contributed by atoms with Crippen molar-refractivity contribution in [1.29, 1.82) is 0 Å². The van der Waals surface area contributed by atoms with E-state index in [4.69, 9.17) is 0 Å². The van der Waals surface area contributed by atoms with Gasteiger partial charge in [0.25, 0.3) is 0 Å². The summed E-state index contributed by atoms with van der Waals surface area (Å²) in [6, 6.07) is 0. The van der Waals surface area contributed by atoms with Gasteiger partial charge in [-0.15, -0.1) is 20.1 Å². The average Bonchev–Trinajstić information content (AvgIpc) is 3.01. The van der Waals surface area contributed by atoms with Gasteiger partial charge in [-0.3, -0.25) is 0 Å². The monoisotopic (exact) mass is 376 g/mol. The van der Waals surface area contributed by atoms with Gasteiger partial charge >= 0.3 is 10.2 Å². The standard InChI is InChI=1S/C12H20N6O2S3/c1-13-11-12(17-23(19,20)16-11)14-4-5-21-8-9-6-15-10(22-9)7-18(2)3/h6H,4-5,7-8H2,1-3H3,(H,13,16)(H,14,17). The van der Waals surface area contributed by atoms with E-state index >= 15 is 0 Å². The minimum absolute atomic E-state index is 0.255. The highest BCUT2D eigenvalue weighted by atomic mass is 32.2. The molecule has 1 aliphatic rings. The van der Waals surface area contributed by atoms with Crippen LogP contribution in [0.1, 0.15) is 9.88 Å². The van der Waals surface area contributed by atoms with Crippen LogP contribution in [-0.4, -0.2) is 63.4 Å². The van der Waals surface area contributed by atoms with Gasteiger partial charge < -0.3 is 15.5 Å². The lowest BCUT2D eigenvalue weighted by Crippen LogP contribution is -2.37. The fraction of sp³-hybridized carbons (Fsp3) is 0.583. The smallest absolute Gasteiger partial charge is 0.367 e. The van der Waals surface area contributed by atoms with Crippen molar-refractivity contribution < 1.29 is 8.42 Å². The summed E-state index contributed by atoms with van der Waals surface area (Å²) in [6.07, 6.45) is 1.92. The van der Waals surface area contributed by atoms with E-state index in [-0.39, 0.29) is 11.7 Å². The first-order valence-electron chi connectivity index (χ1n) is 6.92. The summed E-state index contributed by atoms with van der Waals surface area (Å²) >= 11 is 3.48. The van der Waals surface area contributed by atoms with Crippen LogP contribution in [0.4, 0.5) is 0 Å². The van der Waals surface area contributed by atoms with Gasteiger partial charge in [0.05, 0.1) is 0 Å². The number of aromatic nitrogens is 1. The highest BCUT2D eigenvalue weighted by Gasteiger charge is 2.22. The van der Waals surface area contributed by atoms with Gasteiger partial charge in [-0.1, -0.05) is 0 Å². The van der Waals surface area contributed by atoms with Crippen molar-refractivity contribution in [1.82, 2.24) is 20.5 Å². The van der Waals surface area contributed by atoms with E-state index in [0.717, 1.165) is 23.1 Å². The van der Waals surface area contributed by atoms with E-state index in [2.05, 4.69) is 29.3 Å². The average molecular weight is 377 g/mol. The second-order valence-electron chi connectivity index (χ2n) is 5.02. The number of nitrogens with one attached hydrogen (secondary N) is 2. The van der Waals surface area contributed by atoms with Gasteiger partial charge in [0.2, 0.25) is 0 Å². The molecule has 0 fully saturated rings. The SMILES string of the molecule is CNC1=NS(=O)(=O)N=C1NCCSCc1cnc(CN(C)C)s1. The predicted molar refractivity (Wildman–Crippen MR) is 96.5 cm³/mol. The molecule has 128 valence electrons. The maximum absolute atomic E-state index is 11.3. The van der Waals surface area contributed by atoms with Crippen LogP contribution in [0.25, 0.3) is 0 Å². The number of rotatable bonds is 7. The Kier molecular flexibility index (Phi) is 6.39. The number of hydrogen-bond acceptors (Lipinski definition) is 8. The molecule has 0 aromatic carbocycles. The van der Waals surface area contributed by atoms with Crippen LogP contribution >= 0.6 is 23.1 Å². The highest BCUT2D eigenvalue weighted by molar-refractivity contribution is 7.98. The van der Waals surface area contributed by atoms with Crippen LogP contribution in [0.5, 0.6) is 0 Å². The molecular formula is C12H20N6O2S3. The van der Waals surface area contributed by atoms with Crippen LogP contribution in [0, 0.1) is 0 Å². The van der Waals surface area contributed by atoms with E-state index < -0.39 is 10.2 Å². The Morgan fingerprint density at radius 3 is 2.74 bits per heavy atom. The van der Waals surface area contributed by atoms with Crippen molar-refractivity contribution in [3.63, 3.8) is 0 Å². The molecule has 2 N–H and O–H groups in total. The van der Waals surface area contributed by atoms with Crippen molar-refractivity contribution in [2.45, 2.75) is 12.3 Å². The lowest BCUT2D eigenvalue weighted by Gasteiger charge is -2.06. The minimum Gasteiger partial charge on any atom is -0.369 e. The molecular weight excluding hydrogens is 356 g/mol. The summed E-state index contributed by atoms with van der Waals surface area (Å²) in [5.74, 6) is 2.26. The van der Waals surface area contributed by atoms with Crippen molar-refractivity contribution in [2.24, 2.45) is 8.80 Å². The fourth-order valence-electron chi connectivity index (χ4n) is 1.79. The van der Waals surface area contributed by atoms with E-state index in [0.29, 0.717) is 6.54 Å². The largest absolute Gasteiger partial charge is 0.369 e. The van der Waals surface area contributed by atoms with E-state index in [9.17, 15) is 8.42 Å². The first-order chi connectivity index (χ1) is 10.9. The molecule has 0 spiro atoms. The second kappa shape index (κ2) is 8.08. The number of thioether (sulfide) groups is 1. The van der Waals surface area contributed by atoms with Crippen LogP contribution in [0.2, 0.25) is 0 Å². The van der Waals surface area contributed by atoms with Crippen molar-refractivity contribution in [3.05, 3.63) is 16.1 Å². The van der Waals surface area contributed by atoms with Crippen LogP contribution in [-0.2, 0) is 22.5 Å². The summed E-state index contributed by atoms with van der Waals surface area (Å²) in [6.45, 7) is 1.47. The normalized spacial score (nSPS) is 16.3. The Balaban J connectivity index is 1.70. The predicted octanol–water partition coefficient (Wildman–Crippen LogP) is 0.302. The summed E-state index contributed by atoms with van der Waals surface area (Å²) in [5.41, 5.74) is 0. The van der Waals surface area contributed by atoms with E-state index in [1.165, 1.54) is 4.88 Å². The van der Waals surface area contributed by atoms with E-state index in [1.807, 2.05) is 20.3 Å². The summed E-state index contributed by atoms with van der Waals surface area (Å²) in [5, 5.41) is 6.82. The Hall–Kier alpha value is -1.17. The molecule has 11 heteroatoms. The van der Waals surface area contributed by atoms with Crippen LogP contribution in [0.15, 0.2) is 15.0 Å². The first-order valence-corrected chi connectivity index (χ1v) is 10.3. The molecule has 1 aromatic rings. The summed E-state index contributed by atoms with van der Waals surface area (Å²) < 4.78 is 29.6. The third-order valence-corrected chi connectivity index (χ3v) is 5.71. The number of likely N-dealkylation sites (N-methyl/N-ethyl adjacent to an activating group) is 1. The molecule has 2 rings (SSSR count). The molecule has 2 heterocycles. The van der Waals surface area contributed by atoms with Gasteiger partial charge in [0.15, 0.2) is 11.7 Å². The number of thiazole rings is 1. The van der Waals surface area contributed by atoms with Gasteiger partial charge in [-0.2, -0.15) is 20.2 Å². The first kappa shape index (κ1) is 18.2. The zero-order valence-electron chi connectivity index (χ0n) is 13.2. The molecule has 0 unspecified atom stereocenters. The molecule has 0 aliphatic carbocycles. The van der Waals surface area contributed by atoms with Crippen LogP contribution in [0.3, 0.4) is 0 Å². The van der Waals surface area contributed by atoms with Gasteiger partial charge in [0.1, 0.15) is 5.01 Å². The molecule has 0 saturated carbocycles.